The standard InChI is InChI=1S/C14H20F2N2O/c1-2-3-17-10-11-8-12(15)14(13(16)9-11)18-4-6-19-7-5-18/h8-9,17H,2-7,10H2,1H3. The van der Waals surface area contributed by atoms with E-state index >= 15 is 0 Å². The zero-order valence-corrected chi connectivity index (χ0v) is 11.2. The lowest BCUT2D eigenvalue weighted by Crippen LogP contribution is -2.37. The summed E-state index contributed by atoms with van der Waals surface area (Å²) in [6, 6.07) is 2.83. The van der Waals surface area contributed by atoms with Crippen molar-refractivity contribution in [3.63, 3.8) is 0 Å². The molecule has 1 aliphatic rings. The van der Waals surface area contributed by atoms with Crippen LogP contribution in [0.3, 0.4) is 0 Å². The molecule has 1 saturated heterocycles. The highest BCUT2D eigenvalue weighted by Gasteiger charge is 2.20. The second-order valence-corrected chi connectivity index (χ2v) is 4.68. The summed E-state index contributed by atoms with van der Waals surface area (Å²) in [6.07, 6.45) is 0.997. The first-order chi connectivity index (χ1) is 9.22. The van der Waals surface area contributed by atoms with Gasteiger partial charge in [0.25, 0.3) is 0 Å². The van der Waals surface area contributed by atoms with Gasteiger partial charge in [-0.3, -0.25) is 0 Å². The number of anilines is 1. The molecule has 0 aromatic heterocycles. The van der Waals surface area contributed by atoms with Crippen molar-refractivity contribution in [2.24, 2.45) is 0 Å². The molecular weight excluding hydrogens is 250 g/mol. The molecule has 5 heteroatoms. The van der Waals surface area contributed by atoms with Gasteiger partial charge in [0.1, 0.15) is 17.3 Å². The quantitative estimate of drug-likeness (QED) is 0.831. The molecule has 0 radical (unpaired) electrons. The van der Waals surface area contributed by atoms with E-state index in [0.29, 0.717) is 38.4 Å². The van der Waals surface area contributed by atoms with Crippen LogP contribution in [-0.2, 0) is 11.3 Å². The maximum Gasteiger partial charge on any atom is 0.149 e. The minimum atomic E-state index is -0.491. The third-order valence-corrected chi connectivity index (χ3v) is 3.16. The summed E-state index contributed by atoms with van der Waals surface area (Å²) in [5.41, 5.74) is 0.711. The van der Waals surface area contributed by atoms with Gasteiger partial charge in [0.05, 0.1) is 13.2 Å². The molecule has 0 spiro atoms. The number of nitrogens with one attached hydrogen (secondary N) is 1. The molecule has 1 N–H and O–H groups in total. The number of halogens is 2. The summed E-state index contributed by atoms with van der Waals surface area (Å²) in [5.74, 6) is -0.981. The van der Waals surface area contributed by atoms with E-state index < -0.39 is 11.6 Å². The molecule has 19 heavy (non-hydrogen) atoms. The molecule has 1 heterocycles. The van der Waals surface area contributed by atoms with Crippen LogP contribution in [0.1, 0.15) is 18.9 Å². The summed E-state index contributed by atoms with van der Waals surface area (Å²) >= 11 is 0. The predicted molar refractivity (Wildman–Crippen MR) is 71.4 cm³/mol. The minimum absolute atomic E-state index is 0.0718. The summed E-state index contributed by atoms with van der Waals surface area (Å²) in [7, 11) is 0. The summed E-state index contributed by atoms with van der Waals surface area (Å²) in [5, 5.41) is 3.14. The van der Waals surface area contributed by atoms with E-state index in [0.717, 1.165) is 13.0 Å². The Labute approximate surface area is 112 Å². The number of ether oxygens (including phenoxy) is 1. The molecule has 1 aromatic rings. The number of hydrogen-bond donors (Lipinski definition) is 1. The van der Waals surface area contributed by atoms with Gasteiger partial charge in [0.2, 0.25) is 0 Å². The molecule has 1 aromatic carbocycles. The highest BCUT2D eigenvalue weighted by Crippen LogP contribution is 2.25. The van der Waals surface area contributed by atoms with Crippen LogP contribution in [0.5, 0.6) is 0 Å². The second-order valence-electron chi connectivity index (χ2n) is 4.68. The molecule has 0 atom stereocenters. The van der Waals surface area contributed by atoms with Gasteiger partial charge in [-0.25, -0.2) is 8.78 Å². The monoisotopic (exact) mass is 270 g/mol. The molecule has 1 fully saturated rings. The lowest BCUT2D eigenvalue weighted by molar-refractivity contribution is 0.122. The highest BCUT2D eigenvalue weighted by atomic mass is 19.1. The van der Waals surface area contributed by atoms with Crippen LogP contribution in [0, 0.1) is 11.6 Å². The highest BCUT2D eigenvalue weighted by molar-refractivity contribution is 5.51. The first-order valence-electron chi connectivity index (χ1n) is 6.73. The normalized spacial score (nSPS) is 15.8. The maximum atomic E-state index is 14.1. The molecule has 106 valence electrons. The Kier molecular flexibility index (Phi) is 5.10. The second kappa shape index (κ2) is 6.82. The third kappa shape index (κ3) is 3.64. The van der Waals surface area contributed by atoms with Crippen molar-refractivity contribution in [2.45, 2.75) is 19.9 Å². The Hall–Kier alpha value is -1.20. The fraction of sp³-hybridized carbons (Fsp3) is 0.571. The van der Waals surface area contributed by atoms with E-state index in [1.807, 2.05) is 0 Å². The number of benzene rings is 1. The van der Waals surface area contributed by atoms with Crippen LogP contribution < -0.4 is 10.2 Å². The zero-order valence-electron chi connectivity index (χ0n) is 11.2. The van der Waals surface area contributed by atoms with E-state index in [-0.39, 0.29) is 5.69 Å². The van der Waals surface area contributed by atoms with Gasteiger partial charge in [-0.15, -0.1) is 0 Å². The first kappa shape index (κ1) is 14.2. The summed E-state index contributed by atoms with van der Waals surface area (Å²) < 4.78 is 33.3. The number of nitrogens with zero attached hydrogens (tertiary/aromatic N) is 1. The summed E-state index contributed by atoms with van der Waals surface area (Å²) in [4.78, 5) is 1.71. The fourth-order valence-electron chi connectivity index (χ4n) is 2.22. The van der Waals surface area contributed by atoms with Crippen LogP contribution in [0.4, 0.5) is 14.5 Å². The molecule has 0 saturated carbocycles. The molecule has 0 aliphatic carbocycles. The summed E-state index contributed by atoms with van der Waals surface area (Å²) in [6.45, 7) is 5.47. The van der Waals surface area contributed by atoms with E-state index in [2.05, 4.69) is 12.2 Å². The first-order valence-corrected chi connectivity index (χ1v) is 6.73. The van der Waals surface area contributed by atoms with E-state index in [9.17, 15) is 8.78 Å². The van der Waals surface area contributed by atoms with Gasteiger partial charge in [0, 0.05) is 19.6 Å². The van der Waals surface area contributed by atoms with Gasteiger partial charge in [-0.05, 0) is 30.7 Å². The average molecular weight is 270 g/mol. The molecule has 0 unspecified atom stereocenters. The Bertz CT molecular complexity index is 397. The average Bonchev–Trinajstić information content (AvgIpc) is 2.39. The van der Waals surface area contributed by atoms with Crippen molar-refractivity contribution in [3.05, 3.63) is 29.3 Å². The Morgan fingerprint density at radius 2 is 1.84 bits per heavy atom. The third-order valence-electron chi connectivity index (χ3n) is 3.16. The van der Waals surface area contributed by atoms with Crippen molar-refractivity contribution in [1.29, 1.82) is 0 Å². The number of hydrogen-bond acceptors (Lipinski definition) is 3. The Morgan fingerprint density at radius 3 is 2.42 bits per heavy atom. The Balaban J connectivity index is 2.12. The van der Waals surface area contributed by atoms with Crippen molar-refractivity contribution in [3.8, 4) is 0 Å². The molecule has 1 aliphatic heterocycles. The van der Waals surface area contributed by atoms with Gasteiger partial charge in [-0.1, -0.05) is 6.92 Å². The van der Waals surface area contributed by atoms with E-state index in [1.54, 1.807) is 4.90 Å². The van der Waals surface area contributed by atoms with Crippen LogP contribution in [0.2, 0.25) is 0 Å². The van der Waals surface area contributed by atoms with Crippen molar-refractivity contribution in [1.82, 2.24) is 5.32 Å². The molecule has 2 rings (SSSR count). The zero-order chi connectivity index (χ0) is 13.7. The number of rotatable bonds is 5. The molecular formula is C14H20F2N2O. The molecule has 3 nitrogen and oxygen atoms in total. The Morgan fingerprint density at radius 1 is 1.21 bits per heavy atom. The van der Waals surface area contributed by atoms with Crippen molar-refractivity contribution >= 4 is 5.69 Å². The maximum absolute atomic E-state index is 14.1. The number of morpholine rings is 1. The predicted octanol–water partition coefficient (Wildman–Crippen LogP) is 2.30. The van der Waals surface area contributed by atoms with Crippen LogP contribution in [-0.4, -0.2) is 32.8 Å². The minimum Gasteiger partial charge on any atom is -0.378 e. The lowest BCUT2D eigenvalue weighted by atomic mass is 10.1. The van der Waals surface area contributed by atoms with Crippen LogP contribution in [0.15, 0.2) is 12.1 Å². The van der Waals surface area contributed by atoms with Gasteiger partial charge < -0.3 is 15.0 Å². The molecule has 0 amide bonds. The van der Waals surface area contributed by atoms with Gasteiger partial charge in [-0.2, -0.15) is 0 Å². The largest absolute Gasteiger partial charge is 0.378 e. The fourth-order valence-corrected chi connectivity index (χ4v) is 2.22. The van der Waals surface area contributed by atoms with Crippen molar-refractivity contribution < 1.29 is 13.5 Å². The van der Waals surface area contributed by atoms with Crippen LogP contribution >= 0.6 is 0 Å². The van der Waals surface area contributed by atoms with Crippen LogP contribution in [0.25, 0.3) is 0 Å². The molecule has 0 bridgehead atoms. The SMILES string of the molecule is CCCNCc1cc(F)c(N2CCOCC2)c(F)c1. The van der Waals surface area contributed by atoms with E-state index in [1.165, 1.54) is 12.1 Å². The smallest absolute Gasteiger partial charge is 0.149 e. The van der Waals surface area contributed by atoms with Gasteiger partial charge in [0.15, 0.2) is 0 Å². The van der Waals surface area contributed by atoms with Gasteiger partial charge >= 0.3 is 0 Å². The topological polar surface area (TPSA) is 24.5 Å². The lowest BCUT2D eigenvalue weighted by Gasteiger charge is -2.29. The van der Waals surface area contributed by atoms with Crippen molar-refractivity contribution in [2.75, 3.05) is 37.7 Å². The van der Waals surface area contributed by atoms with E-state index in [4.69, 9.17) is 4.74 Å².